The highest BCUT2D eigenvalue weighted by Crippen LogP contribution is 2.32. The van der Waals surface area contributed by atoms with Crippen LogP contribution in [0.15, 0.2) is 28.9 Å². The van der Waals surface area contributed by atoms with Gasteiger partial charge >= 0.3 is 0 Å². The Labute approximate surface area is 185 Å². The fourth-order valence-corrected chi connectivity index (χ4v) is 4.87. The Hall–Kier alpha value is -2.86. The van der Waals surface area contributed by atoms with Crippen LogP contribution in [0.5, 0.6) is 0 Å². The molecular weight excluding hydrogens is 439 g/mol. The van der Waals surface area contributed by atoms with Crippen molar-refractivity contribution in [3.8, 4) is 11.6 Å². The molecular formula is C20H25FN6O4S. The molecule has 10 nitrogen and oxygen atoms in total. The molecule has 2 atom stereocenters. The summed E-state index contributed by atoms with van der Waals surface area (Å²) in [7, 11) is -3.90. The Balaban J connectivity index is 1.65. The molecule has 3 aromatic rings. The SMILES string of the molecule is Cc1ccc(-c2nnc(NS(=O)(=O)[C@@H](C)[C@H](C)c3ncc(F)cn3)n2C2CCOCC2)o1. The molecule has 1 aliphatic rings. The highest BCUT2D eigenvalue weighted by Gasteiger charge is 2.33. The highest BCUT2D eigenvalue weighted by molar-refractivity contribution is 7.93. The van der Waals surface area contributed by atoms with E-state index in [0.29, 0.717) is 43.4 Å². The first-order chi connectivity index (χ1) is 15.3. The number of ether oxygens (including phenoxy) is 1. The highest BCUT2D eigenvalue weighted by atomic mass is 32.2. The number of sulfonamides is 1. The third-order valence-corrected chi connectivity index (χ3v) is 7.54. The number of nitrogens with zero attached hydrogens (tertiary/aromatic N) is 5. The molecule has 0 saturated carbocycles. The molecule has 0 aromatic carbocycles. The molecule has 0 radical (unpaired) electrons. The van der Waals surface area contributed by atoms with Gasteiger partial charge in [0.2, 0.25) is 21.8 Å². The molecule has 0 aliphatic carbocycles. The van der Waals surface area contributed by atoms with E-state index in [0.717, 1.165) is 12.4 Å². The number of rotatable bonds is 7. The zero-order chi connectivity index (χ0) is 22.9. The summed E-state index contributed by atoms with van der Waals surface area (Å²) in [4.78, 5) is 7.84. The fourth-order valence-electron chi connectivity index (χ4n) is 3.63. The van der Waals surface area contributed by atoms with Crippen LogP contribution in [-0.4, -0.2) is 51.6 Å². The first-order valence-corrected chi connectivity index (χ1v) is 11.9. The molecule has 3 aromatic heterocycles. The summed E-state index contributed by atoms with van der Waals surface area (Å²) in [6, 6.07) is 3.54. The lowest BCUT2D eigenvalue weighted by Crippen LogP contribution is -2.32. The third-order valence-electron chi connectivity index (χ3n) is 5.69. The smallest absolute Gasteiger partial charge is 0.238 e. The summed E-state index contributed by atoms with van der Waals surface area (Å²) < 4.78 is 55.1. The van der Waals surface area contributed by atoms with Crippen molar-refractivity contribution in [1.82, 2.24) is 24.7 Å². The van der Waals surface area contributed by atoms with Crippen molar-refractivity contribution in [3.63, 3.8) is 0 Å². The number of hydrogen-bond acceptors (Lipinski definition) is 8. The summed E-state index contributed by atoms with van der Waals surface area (Å²) in [5.74, 6) is 0.852. The van der Waals surface area contributed by atoms with Crippen LogP contribution in [0.2, 0.25) is 0 Å². The van der Waals surface area contributed by atoms with Gasteiger partial charge in [0.15, 0.2) is 11.6 Å². The van der Waals surface area contributed by atoms with E-state index in [1.54, 1.807) is 24.5 Å². The molecule has 4 rings (SSSR count). The van der Waals surface area contributed by atoms with E-state index in [4.69, 9.17) is 9.15 Å². The Morgan fingerprint density at radius 2 is 1.84 bits per heavy atom. The Morgan fingerprint density at radius 3 is 2.47 bits per heavy atom. The fraction of sp³-hybridized carbons (Fsp3) is 0.500. The van der Waals surface area contributed by atoms with Gasteiger partial charge in [0.25, 0.3) is 0 Å². The van der Waals surface area contributed by atoms with Gasteiger partial charge < -0.3 is 9.15 Å². The van der Waals surface area contributed by atoms with Crippen LogP contribution in [0.4, 0.5) is 10.3 Å². The van der Waals surface area contributed by atoms with E-state index in [9.17, 15) is 12.8 Å². The molecule has 0 bridgehead atoms. The van der Waals surface area contributed by atoms with E-state index in [1.165, 1.54) is 0 Å². The number of nitrogens with one attached hydrogen (secondary N) is 1. The molecule has 1 fully saturated rings. The van der Waals surface area contributed by atoms with Crippen molar-refractivity contribution in [1.29, 1.82) is 0 Å². The number of furan rings is 1. The van der Waals surface area contributed by atoms with Crippen LogP contribution in [0.3, 0.4) is 0 Å². The van der Waals surface area contributed by atoms with Crippen LogP contribution in [0.1, 0.15) is 50.2 Å². The second-order valence-electron chi connectivity index (χ2n) is 7.87. The largest absolute Gasteiger partial charge is 0.458 e. The number of hydrogen-bond donors (Lipinski definition) is 1. The van der Waals surface area contributed by atoms with E-state index >= 15 is 0 Å². The van der Waals surface area contributed by atoms with Crippen LogP contribution >= 0.6 is 0 Å². The maximum Gasteiger partial charge on any atom is 0.238 e. The Morgan fingerprint density at radius 1 is 1.16 bits per heavy atom. The van der Waals surface area contributed by atoms with E-state index < -0.39 is 27.0 Å². The third kappa shape index (κ3) is 4.51. The van der Waals surface area contributed by atoms with Crippen molar-refractivity contribution in [3.05, 3.63) is 41.9 Å². The van der Waals surface area contributed by atoms with E-state index in [-0.39, 0.29) is 17.8 Å². The van der Waals surface area contributed by atoms with Gasteiger partial charge in [0.05, 0.1) is 17.6 Å². The summed E-state index contributed by atoms with van der Waals surface area (Å²) in [5, 5.41) is 7.43. The first kappa shape index (κ1) is 22.3. The molecule has 4 heterocycles. The second-order valence-corrected chi connectivity index (χ2v) is 9.91. The van der Waals surface area contributed by atoms with Crippen molar-refractivity contribution in [2.75, 3.05) is 17.9 Å². The van der Waals surface area contributed by atoms with Gasteiger partial charge in [-0.05, 0) is 38.8 Å². The molecule has 12 heteroatoms. The van der Waals surface area contributed by atoms with Crippen LogP contribution in [-0.2, 0) is 14.8 Å². The average Bonchev–Trinajstić information content (AvgIpc) is 3.39. The summed E-state index contributed by atoms with van der Waals surface area (Å²) in [5.41, 5.74) is 0. The average molecular weight is 465 g/mol. The van der Waals surface area contributed by atoms with Crippen molar-refractivity contribution in [2.45, 2.75) is 50.8 Å². The molecule has 0 spiro atoms. The lowest BCUT2D eigenvalue weighted by Gasteiger charge is -2.26. The number of anilines is 1. The second kappa shape index (κ2) is 8.94. The summed E-state index contributed by atoms with van der Waals surface area (Å²) in [6.07, 6.45) is 3.42. The lowest BCUT2D eigenvalue weighted by atomic mass is 10.1. The van der Waals surface area contributed by atoms with Gasteiger partial charge in [-0.1, -0.05) is 6.92 Å². The number of halogens is 1. The van der Waals surface area contributed by atoms with Gasteiger partial charge in [-0.25, -0.2) is 22.8 Å². The minimum absolute atomic E-state index is 0.0509. The van der Waals surface area contributed by atoms with E-state index in [2.05, 4.69) is 24.9 Å². The van der Waals surface area contributed by atoms with Crippen molar-refractivity contribution < 1.29 is 22.0 Å². The maximum atomic E-state index is 13.2. The molecule has 32 heavy (non-hydrogen) atoms. The molecule has 1 aliphatic heterocycles. The zero-order valence-corrected chi connectivity index (χ0v) is 18.8. The monoisotopic (exact) mass is 464 g/mol. The zero-order valence-electron chi connectivity index (χ0n) is 18.0. The van der Waals surface area contributed by atoms with Gasteiger partial charge in [-0.15, -0.1) is 10.2 Å². The topological polar surface area (TPSA) is 125 Å². The van der Waals surface area contributed by atoms with Gasteiger partial charge in [-0.2, -0.15) is 0 Å². The normalized spacial score (nSPS) is 17.2. The molecule has 1 saturated heterocycles. The Bertz CT molecular complexity index is 1170. The van der Waals surface area contributed by atoms with Crippen LogP contribution < -0.4 is 4.72 Å². The maximum absolute atomic E-state index is 13.2. The molecule has 1 N–H and O–H groups in total. The first-order valence-electron chi connectivity index (χ1n) is 10.3. The quantitative estimate of drug-likeness (QED) is 0.566. The predicted octanol–water partition coefficient (Wildman–Crippen LogP) is 3.06. The van der Waals surface area contributed by atoms with Crippen LogP contribution in [0.25, 0.3) is 11.6 Å². The number of aryl methyl sites for hydroxylation is 1. The van der Waals surface area contributed by atoms with Crippen molar-refractivity contribution >= 4 is 16.0 Å². The van der Waals surface area contributed by atoms with Crippen molar-refractivity contribution in [2.24, 2.45) is 0 Å². The summed E-state index contributed by atoms with van der Waals surface area (Å²) >= 11 is 0. The van der Waals surface area contributed by atoms with E-state index in [1.807, 2.05) is 13.0 Å². The minimum Gasteiger partial charge on any atom is -0.458 e. The number of aromatic nitrogens is 5. The predicted molar refractivity (Wildman–Crippen MR) is 114 cm³/mol. The standard InChI is InChI=1S/C20H25FN6O4S/c1-12-4-5-17(31-12)19-24-25-20(27(19)16-6-8-30-9-7-16)26-32(28,29)14(3)13(2)18-22-10-15(21)11-23-18/h4-5,10-11,13-14,16H,6-9H2,1-3H3,(H,25,26)/t13-,14-/m0/s1. The van der Waals surface area contributed by atoms with Gasteiger partial charge in [0, 0.05) is 25.2 Å². The van der Waals surface area contributed by atoms with Crippen LogP contribution in [0, 0.1) is 12.7 Å². The minimum atomic E-state index is -3.90. The van der Waals surface area contributed by atoms with Gasteiger partial charge in [-0.3, -0.25) is 9.29 Å². The molecule has 0 unspecified atom stereocenters. The Kier molecular flexibility index (Phi) is 6.24. The molecule has 0 amide bonds. The van der Waals surface area contributed by atoms with Gasteiger partial charge in [0.1, 0.15) is 11.6 Å². The summed E-state index contributed by atoms with van der Waals surface area (Å²) in [6.45, 7) is 6.16. The lowest BCUT2D eigenvalue weighted by molar-refractivity contribution is 0.0703. The molecule has 172 valence electrons.